The molecule has 0 fully saturated rings. The number of halogens is 2. The van der Waals surface area contributed by atoms with Gasteiger partial charge in [0.15, 0.2) is 27.4 Å². The molecule has 0 radical (unpaired) electrons. The van der Waals surface area contributed by atoms with E-state index in [0.29, 0.717) is 30.8 Å². The maximum Gasteiger partial charge on any atom is 0.307 e. The van der Waals surface area contributed by atoms with Gasteiger partial charge >= 0.3 is 5.97 Å². The molecule has 2 aromatic rings. The van der Waals surface area contributed by atoms with Crippen LogP contribution in [-0.4, -0.2) is 45.4 Å². The van der Waals surface area contributed by atoms with Crippen LogP contribution in [0.1, 0.15) is 13.3 Å². The molecule has 1 atom stereocenters. The summed E-state index contributed by atoms with van der Waals surface area (Å²) in [6, 6.07) is 6.72. The lowest BCUT2D eigenvalue weighted by Gasteiger charge is -2.18. The van der Waals surface area contributed by atoms with E-state index in [4.69, 9.17) is 14.2 Å². The molecule has 0 bridgehead atoms. The van der Waals surface area contributed by atoms with Crippen molar-refractivity contribution in [1.29, 1.82) is 0 Å². The second kappa shape index (κ2) is 9.29. The summed E-state index contributed by atoms with van der Waals surface area (Å²) in [7, 11) is -3.83. The topological polar surface area (TPSA) is 108 Å². The Morgan fingerprint density at radius 3 is 2.52 bits per heavy atom. The molecule has 1 amide bonds. The first-order valence-electron chi connectivity index (χ1n) is 9.23. The van der Waals surface area contributed by atoms with Crippen molar-refractivity contribution < 1.29 is 41.0 Å². The van der Waals surface area contributed by atoms with E-state index in [0.717, 1.165) is 12.1 Å². The second-order valence-electron chi connectivity index (χ2n) is 6.62. The van der Waals surface area contributed by atoms with Gasteiger partial charge in [0, 0.05) is 12.1 Å². The SMILES string of the molecule is CC(OC(=O)CCS(=O)(=O)c1ccc2c(c1)OCCO2)C(=O)Nc1ccc(F)cc1F. The number of esters is 1. The number of fused-ring (bicyclic) bond motifs is 1. The predicted molar refractivity (Wildman–Crippen MR) is 105 cm³/mol. The highest BCUT2D eigenvalue weighted by atomic mass is 32.2. The van der Waals surface area contributed by atoms with Crippen molar-refractivity contribution in [3.63, 3.8) is 0 Å². The van der Waals surface area contributed by atoms with Crippen molar-refractivity contribution in [3.8, 4) is 11.5 Å². The van der Waals surface area contributed by atoms with Gasteiger partial charge in [-0.3, -0.25) is 9.59 Å². The average Bonchev–Trinajstić information content (AvgIpc) is 2.74. The zero-order chi connectivity index (χ0) is 22.6. The van der Waals surface area contributed by atoms with E-state index in [-0.39, 0.29) is 10.6 Å². The van der Waals surface area contributed by atoms with Crippen LogP contribution in [0.2, 0.25) is 0 Å². The zero-order valence-corrected chi connectivity index (χ0v) is 17.2. The van der Waals surface area contributed by atoms with E-state index in [9.17, 15) is 26.8 Å². The highest BCUT2D eigenvalue weighted by Crippen LogP contribution is 2.32. The Morgan fingerprint density at radius 1 is 1.10 bits per heavy atom. The minimum Gasteiger partial charge on any atom is -0.486 e. The molecule has 0 saturated carbocycles. The zero-order valence-electron chi connectivity index (χ0n) is 16.4. The van der Waals surface area contributed by atoms with Crippen LogP contribution in [0.5, 0.6) is 11.5 Å². The summed E-state index contributed by atoms with van der Waals surface area (Å²) in [5.41, 5.74) is -0.282. The van der Waals surface area contributed by atoms with Gasteiger partial charge in [0.2, 0.25) is 0 Å². The number of anilines is 1. The largest absolute Gasteiger partial charge is 0.486 e. The highest BCUT2D eigenvalue weighted by Gasteiger charge is 2.23. The van der Waals surface area contributed by atoms with Gasteiger partial charge in [-0.2, -0.15) is 0 Å². The van der Waals surface area contributed by atoms with E-state index >= 15 is 0 Å². The minimum absolute atomic E-state index is 0.0397. The lowest BCUT2D eigenvalue weighted by molar-refractivity contribution is -0.152. The standard InChI is InChI=1S/C20H19F2NO7S/c1-12(20(25)23-16-4-2-13(21)10-15(16)22)30-19(24)6-9-31(26,27)14-3-5-17-18(11-14)29-8-7-28-17/h2-5,10-12H,6-9H2,1H3,(H,23,25). The second-order valence-corrected chi connectivity index (χ2v) is 8.73. The Bertz CT molecular complexity index is 1100. The van der Waals surface area contributed by atoms with Crippen LogP contribution in [0.15, 0.2) is 41.3 Å². The average molecular weight is 455 g/mol. The van der Waals surface area contributed by atoms with Crippen LogP contribution < -0.4 is 14.8 Å². The van der Waals surface area contributed by atoms with Crippen molar-refractivity contribution in [2.75, 3.05) is 24.3 Å². The molecule has 2 aromatic carbocycles. The van der Waals surface area contributed by atoms with Crippen LogP contribution in [0.25, 0.3) is 0 Å². The van der Waals surface area contributed by atoms with E-state index in [1.807, 2.05) is 0 Å². The Balaban J connectivity index is 1.54. The van der Waals surface area contributed by atoms with E-state index < -0.39 is 51.6 Å². The normalized spacial score (nSPS) is 13.9. The molecule has 166 valence electrons. The molecule has 1 aliphatic heterocycles. The number of rotatable bonds is 7. The summed E-state index contributed by atoms with van der Waals surface area (Å²) >= 11 is 0. The Morgan fingerprint density at radius 2 is 1.81 bits per heavy atom. The lowest BCUT2D eigenvalue weighted by Crippen LogP contribution is -2.30. The smallest absolute Gasteiger partial charge is 0.307 e. The highest BCUT2D eigenvalue weighted by molar-refractivity contribution is 7.91. The van der Waals surface area contributed by atoms with Gasteiger partial charge in [-0.25, -0.2) is 17.2 Å². The molecule has 0 saturated heterocycles. The quantitative estimate of drug-likeness (QED) is 0.639. The number of benzene rings is 2. The molecule has 1 heterocycles. The third-order valence-corrected chi connectivity index (χ3v) is 6.03. The number of carbonyl (C=O) groups is 2. The first-order chi connectivity index (χ1) is 14.7. The first-order valence-corrected chi connectivity index (χ1v) is 10.9. The fourth-order valence-corrected chi connectivity index (χ4v) is 3.92. The van der Waals surface area contributed by atoms with Gasteiger partial charge in [0.1, 0.15) is 24.8 Å². The van der Waals surface area contributed by atoms with E-state index in [1.165, 1.54) is 25.1 Å². The molecule has 31 heavy (non-hydrogen) atoms. The summed E-state index contributed by atoms with van der Waals surface area (Å²) in [4.78, 5) is 24.0. The van der Waals surface area contributed by atoms with Gasteiger partial charge in [-0.05, 0) is 31.2 Å². The Hall–Kier alpha value is -3.21. The monoisotopic (exact) mass is 455 g/mol. The fourth-order valence-electron chi connectivity index (χ4n) is 2.69. The van der Waals surface area contributed by atoms with Crippen LogP contribution in [0.3, 0.4) is 0 Å². The van der Waals surface area contributed by atoms with Crippen LogP contribution in [-0.2, 0) is 24.2 Å². The van der Waals surface area contributed by atoms with Crippen LogP contribution in [0, 0.1) is 11.6 Å². The van der Waals surface area contributed by atoms with Crippen LogP contribution >= 0.6 is 0 Å². The molecular weight excluding hydrogens is 436 g/mol. The van der Waals surface area contributed by atoms with Gasteiger partial charge in [0.05, 0.1) is 22.8 Å². The predicted octanol–water partition coefficient (Wildman–Crippen LogP) is 2.47. The van der Waals surface area contributed by atoms with Gasteiger partial charge < -0.3 is 19.5 Å². The van der Waals surface area contributed by atoms with Crippen molar-refractivity contribution in [2.45, 2.75) is 24.3 Å². The van der Waals surface area contributed by atoms with Gasteiger partial charge in [0.25, 0.3) is 5.91 Å². The summed E-state index contributed by atoms with van der Waals surface area (Å²) < 4.78 is 67.1. The molecule has 3 rings (SSSR count). The Kier molecular flexibility index (Phi) is 6.74. The third-order valence-electron chi connectivity index (χ3n) is 4.31. The molecule has 1 unspecified atom stereocenters. The maximum atomic E-state index is 13.6. The van der Waals surface area contributed by atoms with Gasteiger partial charge in [-0.15, -0.1) is 0 Å². The Labute approximate surface area is 177 Å². The molecule has 0 aromatic heterocycles. The first kappa shape index (κ1) is 22.5. The van der Waals surface area contributed by atoms with Crippen molar-refractivity contribution in [1.82, 2.24) is 0 Å². The molecule has 0 spiro atoms. The number of ether oxygens (including phenoxy) is 3. The van der Waals surface area contributed by atoms with Crippen LogP contribution in [0.4, 0.5) is 14.5 Å². The number of amides is 1. The van der Waals surface area contributed by atoms with Crippen molar-refractivity contribution in [3.05, 3.63) is 48.0 Å². The van der Waals surface area contributed by atoms with E-state index in [1.54, 1.807) is 0 Å². The number of hydrogen-bond donors (Lipinski definition) is 1. The minimum atomic E-state index is -3.83. The number of carbonyl (C=O) groups excluding carboxylic acids is 2. The lowest BCUT2D eigenvalue weighted by atomic mass is 10.2. The molecule has 11 heteroatoms. The molecular formula is C20H19F2NO7S. The molecule has 8 nitrogen and oxygen atoms in total. The summed E-state index contributed by atoms with van der Waals surface area (Å²) in [6.45, 7) is 1.90. The summed E-state index contributed by atoms with van der Waals surface area (Å²) in [5, 5.41) is 2.17. The number of nitrogens with one attached hydrogen (secondary N) is 1. The number of hydrogen-bond acceptors (Lipinski definition) is 7. The third kappa shape index (κ3) is 5.69. The molecule has 1 aliphatic rings. The van der Waals surface area contributed by atoms with Gasteiger partial charge in [-0.1, -0.05) is 0 Å². The molecule has 0 aliphatic carbocycles. The summed E-state index contributed by atoms with van der Waals surface area (Å²) in [5.74, 6) is -3.40. The maximum absolute atomic E-state index is 13.6. The fraction of sp³-hybridized carbons (Fsp3) is 0.300. The molecule has 1 N–H and O–H groups in total. The summed E-state index contributed by atoms with van der Waals surface area (Å²) in [6.07, 6.45) is -1.83. The van der Waals surface area contributed by atoms with Crippen molar-refractivity contribution >= 4 is 27.4 Å². The number of sulfone groups is 1. The van der Waals surface area contributed by atoms with E-state index in [2.05, 4.69) is 5.32 Å². The van der Waals surface area contributed by atoms with Crippen molar-refractivity contribution in [2.24, 2.45) is 0 Å².